The minimum Gasteiger partial charge on any atom is -0.493 e. The zero-order chi connectivity index (χ0) is 24.1. The van der Waals surface area contributed by atoms with E-state index in [1.165, 1.54) is 5.01 Å². The first-order valence-electron chi connectivity index (χ1n) is 10.7. The summed E-state index contributed by atoms with van der Waals surface area (Å²) in [6.07, 6.45) is -0.0645. The fourth-order valence-corrected chi connectivity index (χ4v) is 3.67. The van der Waals surface area contributed by atoms with E-state index in [2.05, 4.69) is 10.6 Å². The summed E-state index contributed by atoms with van der Waals surface area (Å²) >= 11 is 0. The summed E-state index contributed by atoms with van der Waals surface area (Å²) in [6, 6.07) is 10.2. The number of hydrogen-bond donors (Lipinski definition) is 3. The van der Waals surface area contributed by atoms with Gasteiger partial charge in [-0.05, 0) is 50.1 Å². The van der Waals surface area contributed by atoms with Crippen molar-refractivity contribution in [2.45, 2.75) is 32.4 Å². The van der Waals surface area contributed by atoms with E-state index in [9.17, 15) is 14.7 Å². The van der Waals surface area contributed by atoms with E-state index >= 15 is 0 Å². The van der Waals surface area contributed by atoms with Gasteiger partial charge in [0, 0.05) is 30.3 Å². The van der Waals surface area contributed by atoms with Crippen LogP contribution in [0.5, 0.6) is 11.5 Å². The summed E-state index contributed by atoms with van der Waals surface area (Å²) in [4.78, 5) is 24.9. The van der Waals surface area contributed by atoms with Gasteiger partial charge in [-0.25, -0.2) is 9.80 Å². The average Bonchev–Trinajstić information content (AvgIpc) is 2.96. The zero-order valence-corrected chi connectivity index (χ0v) is 19.5. The topological polar surface area (TPSA) is 112 Å². The molecule has 0 fully saturated rings. The monoisotopic (exact) mass is 454 g/mol. The summed E-state index contributed by atoms with van der Waals surface area (Å²) in [5.41, 5.74) is 3.55. The highest BCUT2D eigenvalue weighted by atomic mass is 16.5. The lowest BCUT2D eigenvalue weighted by Gasteiger charge is -2.22. The molecular formula is C24H30N4O5. The van der Waals surface area contributed by atoms with Crippen molar-refractivity contribution < 1.29 is 24.2 Å². The largest absolute Gasteiger partial charge is 0.493 e. The molecule has 0 bridgehead atoms. The van der Waals surface area contributed by atoms with E-state index < -0.39 is 6.10 Å². The molecule has 2 aromatic rings. The van der Waals surface area contributed by atoms with Gasteiger partial charge in [0.25, 0.3) is 5.91 Å². The number of carbonyl (C=O) groups is 2. The Balaban J connectivity index is 2.08. The Morgan fingerprint density at radius 2 is 1.82 bits per heavy atom. The Bertz CT molecular complexity index is 1050. The fraction of sp³-hybridized carbons (Fsp3) is 0.375. The highest BCUT2D eigenvalue weighted by molar-refractivity contribution is 6.15. The summed E-state index contributed by atoms with van der Waals surface area (Å²) in [5, 5.41) is 20.8. The van der Waals surface area contributed by atoms with Crippen molar-refractivity contribution in [1.82, 2.24) is 15.6 Å². The molecule has 3 amide bonds. The van der Waals surface area contributed by atoms with Crippen LogP contribution in [-0.4, -0.2) is 67.7 Å². The van der Waals surface area contributed by atoms with Gasteiger partial charge in [-0.2, -0.15) is 5.10 Å². The molecule has 2 aromatic carbocycles. The fourth-order valence-electron chi connectivity index (χ4n) is 3.67. The lowest BCUT2D eigenvalue weighted by Crippen LogP contribution is -2.41. The molecular weight excluding hydrogens is 424 g/mol. The number of rotatable bonds is 6. The summed E-state index contributed by atoms with van der Waals surface area (Å²) < 4.78 is 11.0. The number of aliphatic hydroxyl groups is 1. The number of amides is 3. The third-order valence-electron chi connectivity index (χ3n) is 5.41. The standard InChI is InChI=1S/C24H30N4O5/c1-14-10-18-11-20(32-4)21(33-5)12-19(18)22(27-28(14)24(31)25-3)16-6-8-17(9-7-16)23(30)26-13-15(2)29/h6-9,11-12,14-15,29H,10,13H2,1-5H3,(H,25,31)(H,26,30)/t14?,15-/m0/s1. The van der Waals surface area contributed by atoms with Crippen molar-refractivity contribution in [3.05, 3.63) is 58.7 Å². The van der Waals surface area contributed by atoms with Gasteiger partial charge in [0.1, 0.15) is 0 Å². The number of hydrogen-bond acceptors (Lipinski definition) is 6. The third-order valence-corrected chi connectivity index (χ3v) is 5.41. The molecule has 1 aliphatic heterocycles. The molecule has 33 heavy (non-hydrogen) atoms. The third kappa shape index (κ3) is 5.25. The van der Waals surface area contributed by atoms with Gasteiger partial charge in [-0.1, -0.05) is 12.1 Å². The minimum atomic E-state index is -0.630. The van der Waals surface area contributed by atoms with Crippen LogP contribution in [0.1, 0.15) is 40.9 Å². The number of benzene rings is 2. The predicted molar refractivity (Wildman–Crippen MR) is 125 cm³/mol. The van der Waals surface area contributed by atoms with Crippen LogP contribution in [0.2, 0.25) is 0 Å². The molecule has 3 N–H and O–H groups in total. The van der Waals surface area contributed by atoms with Crippen molar-refractivity contribution in [3.8, 4) is 11.5 Å². The van der Waals surface area contributed by atoms with Gasteiger partial charge in [0.05, 0.1) is 32.1 Å². The maximum absolute atomic E-state index is 12.6. The molecule has 9 nitrogen and oxygen atoms in total. The number of nitrogens with one attached hydrogen (secondary N) is 2. The SMILES string of the molecule is CNC(=O)N1N=C(c2ccc(C(=O)NC[C@H](C)O)cc2)c2cc(OC)c(OC)cc2CC1C. The Kier molecular flexibility index (Phi) is 7.55. The quantitative estimate of drug-likeness (QED) is 0.619. The van der Waals surface area contributed by atoms with E-state index in [0.717, 1.165) is 16.7 Å². The van der Waals surface area contributed by atoms with E-state index in [1.807, 2.05) is 19.1 Å². The number of fused-ring (bicyclic) bond motifs is 1. The predicted octanol–water partition coefficient (Wildman–Crippen LogP) is 2.15. The Hall–Kier alpha value is -3.59. The van der Waals surface area contributed by atoms with E-state index in [-0.39, 0.29) is 24.5 Å². The van der Waals surface area contributed by atoms with Crippen LogP contribution >= 0.6 is 0 Å². The van der Waals surface area contributed by atoms with Gasteiger partial charge in [-0.15, -0.1) is 0 Å². The Morgan fingerprint density at radius 1 is 1.18 bits per heavy atom. The number of methoxy groups -OCH3 is 2. The van der Waals surface area contributed by atoms with Crippen LogP contribution in [0.3, 0.4) is 0 Å². The number of hydrazone groups is 1. The first kappa shape index (κ1) is 24.1. The maximum Gasteiger partial charge on any atom is 0.337 e. The second kappa shape index (κ2) is 10.4. The molecule has 1 heterocycles. The number of carbonyl (C=O) groups excluding carboxylic acids is 2. The summed E-state index contributed by atoms with van der Waals surface area (Å²) in [7, 11) is 4.71. The van der Waals surface area contributed by atoms with Gasteiger partial charge in [0.15, 0.2) is 11.5 Å². The average molecular weight is 455 g/mol. The van der Waals surface area contributed by atoms with Crippen LogP contribution in [-0.2, 0) is 6.42 Å². The van der Waals surface area contributed by atoms with Crippen LogP contribution < -0.4 is 20.1 Å². The maximum atomic E-state index is 12.6. The molecule has 0 radical (unpaired) electrons. The molecule has 1 aliphatic rings. The highest BCUT2D eigenvalue weighted by Crippen LogP contribution is 2.34. The summed E-state index contributed by atoms with van der Waals surface area (Å²) in [6.45, 7) is 3.70. The highest BCUT2D eigenvalue weighted by Gasteiger charge is 2.28. The molecule has 3 rings (SSSR count). The molecule has 176 valence electrons. The van der Waals surface area contributed by atoms with Crippen LogP contribution in [0.25, 0.3) is 0 Å². The molecule has 0 aliphatic carbocycles. The van der Waals surface area contributed by atoms with Gasteiger partial charge in [0.2, 0.25) is 0 Å². The van der Waals surface area contributed by atoms with E-state index in [4.69, 9.17) is 14.6 Å². The van der Waals surface area contributed by atoms with E-state index in [1.54, 1.807) is 52.5 Å². The normalized spacial score (nSPS) is 16.1. The second-order valence-electron chi connectivity index (χ2n) is 7.90. The van der Waals surface area contributed by atoms with Crippen molar-refractivity contribution in [2.24, 2.45) is 5.10 Å². The molecule has 1 unspecified atom stereocenters. The first-order chi connectivity index (χ1) is 15.8. The Labute approximate surface area is 193 Å². The number of aliphatic hydroxyl groups excluding tert-OH is 1. The molecule has 0 saturated heterocycles. The number of ether oxygens (including phenoxy) is 2. The van der Waals surface area contributed by atoms with Gasteiger partial charge in [-0.3, -0.25) is 4.79 Å². The van der Waals surface area contributed by atoms with Crippen molar-refractivity contribution in [1.29, 1.82) is 0 Å². The Morgan fingerprint density at radius 3 is 2.39 bits per heavy atom. The zero-order valence-electron chi connectivity index (χ0n) is 19.5. The van der Waals surface area contributed by atoms with Crippen LogP contribution in [0, 0.1) is 0 Å². The van der Waals surface area contributed by atoms with Gasteiger partial charge < -0.3 is 25.2 Å². The lowest BCUT2D eigenvalue weighted by atomic mass is 9.93. The molecule has 9 heteroatoms. The lowest BCUT2D eigenvalue weighted by molar-refractivity contribution is 0.0924. The second-order valence-corrected chi connectivity index (χ2v) is 7.90. The number of urea groups is 1. The molecule has 0 saturated carbocycles. The van der Waals surface area contributed by atoms with Crippen molar-refractivity contribution >= 4 is 17.6 Å². The minimum absolute atomic E-state index is 0.168. The van der Waals surface area contributed by atoms with Gasteiger partial charge >= 0.3 is 6.03 Å². The van der Waals surface area contributed by atoms with Crippen LogP contribution in [0.15, 0.2) is 41.5 Å². The van der Waals surface area contributed by atoms with Crippen LogP contribution in [0.4, 0.5) is 4.79 Å². The molecule has 0 aromatic heterocycles. The molecule has 2 atom stereocenters. The van der Waals surface area contributed by atoms with E-state index in [0.29, 0.717) is 29.2 Å². The first-order valence-corrected chi connectivity index (χ1v) is 10.7. The molecule has 0 spiro atoms. The van der Waals surface area contributed by atoms with Crippen molar-refractivity contribution in [3.63, 3.8) is 0 Å². The smallest absolute Gasteiger partial charge is 0.337 e. The van der Waals surface area contributed by atoms with Crippen molar-refractivity contribution in [2.75, 3.05) is 27.8 Å². The summed E-state index contributed by atoms with van der Waals surface area (Å²) in [5.74, 6) is 0.873. The number of nitrogens with zero attached hydrogens (tertiary/aromatic N) is 2.